The number of hydrogen-bond acceptors (Lipinski definition) is 3. The van der Waals surface area contributed by atoms with Gasteiger partial charge in [-0.15, -0.1) is 5.10 Å². The minimum Gasteiger partial charge on any atom is -0.466 e. The second-order valence-electron chi connectivity index (χ2n) is 3.43. The lowest BCUT2D eigenvalue weighted by molar-refractivity contribution is -0.140. The molecule has 1 aromatic rings. The molecule has 0 unspecified atom stereocenters. The third-order valence-electron chi connectivity index (χ3n) is 2.14. The Morgan fingerprint density at radius 2 is 2.06 bits per heavy atom. The molecular formula is C10H6F4N2O2. The molecule has 1 aliphatic rings. The second kappa shape index (κ2) is 4.28. The molecule has 0 spiro atoms. The van der Waals surface area contributed by atoms with Crippen LogP contribution >= 0.6 is 0 Å². The van der Waals surface area contributed by atoms with Crippen LogP contribution in [0, 0.1) is 5.82 Å². The summed E-state index contributed by atoms with van der Waals surface area (Å²) in [5, 5.41) is 3.44. The smallest absolute Gasteiger partial charge is 0.419 e. The van der Waals surface area contributed by atoms with Crippen LogP contribution in [-0.4, -0.2) is 18.4 Å². The van der Waals surface area contributed by atoms with E-state index in [9.17, 15) is 22.4 Å². The van der Waals surface area contributed by atoms with Crippen LogP contribution in [0.15, 0.2) is 23.3 Å². The summed E-state index contributed by atoms with van der Waals surface area (Å²) < 4.78 is 55.3. The largest absolute Gasteiger partial charge is 0.466 e. The number of carbonyl (C=O) groups excluding carboxylic acids is 1. The standard InChI is InChI=1S/C10H6F4N2O2/c11-7-2-1-5(3-6(7)10(12,13)14)9-16-15-8(17)4-18-9/h1-3H,4H2,(H,15,17). The molecule has 18 heavy (non-hydrogen) atoms. The van der Waals surface area contributed by atoms with Crippen molar-refractivity contribution in [3.05, 3.63) is 35.1 Å². The number of ether oxygens (including phenoxy) is 1. The van der Waals surface area contributed by atoms with E-state index in [-0.39, 0.29) is 18.1 Å². The maximum absolute atomic E-state index is 13.0. The van der Waals surface area contributed by atoms with E-state index in [4.69, 9.17) is 4.74 Å². The van der Waals surface area contributed by atoms with Crippen LogP contribution in [0.1, 0.15) is 11.1 Å². The minimum absolute atomic E-state index is 0.0660. The number of carbonyl (C=O) groups is 1. The number of benzene rings is 1. The van der Waals surface area contributed by atoms with Crippen molar-refractivity contribution in [1.82, 2.24) is 5.43 Å². The van der Waals surface area contributed by atoms with E-state index in [0.29, 0.717) is 12.1 Å². The lowest BCUT2D eigenvalue weighted by Crippen LogP contribution is -2.32. The summed E-state index contributed by atoms with van der Waals surface area (Å²) in [7, 11) is 0. The molecule has 0 radical (unpaired) electrons. The molecule has 0 aliphatic carbocycles. The lowest BCUT2D eigenvalue weighted by atomic mass is 10.1. The van der Waals surface area contributed by atoms with Gasteiger partial charge in [0.15, 0.2) is 6.61 Å². The van der Waals surface area contributed by atoms with E-state index >= 15 is 0 Å². The quantitative estimate of drug-likeness (QED) is 0.782. The van der Waals surface area contributed by atoms with E-state index in [2.05, 4.69) is 10.5 Å². The van der Waals surface area contributed by atoms with Crippen molar-refractivity contribution in [3.8, 4) is 0 Å². The highest BCUT2D eigenvalue weighted by Gasteiger charge is 2.34. The molecule has 1 aromatic carbocycles. The maximum Gasteiger partial charge on any atom is 0.419 e. The third kappa shape index (κ3) is 2.41. The Morgan fingerprint density at radius 1 is 1.33 bits per heavy atom. The van der Waals surface area contributed by atoms with Crippen LogP contribution in [-0.2, 0) is 15.7 Å². The van der Waals surface area contributed by atoms with Crippen LogP contribution in [0.2, 0.25) is 0 Å². The number of nitrogens with zero attached hydrogens (tertiary/aromatic N) is 1. The third-order valence-corrected chi connectivity index (χ3v) is 2.14. The summed E-state index contributed by atoms with van der Waals surface area (Å²) in [5.41, 5.74) is 0.573. The van der Waals surface area contributed by atoms with Crippen molar-refractivity contribution in [2.24, 2.45) is 5.10 Å². The number of nitrogens with one attached hydrogen (secondary N) is 1. The van der Waals surface area contributed by atoms with Gasteiger partial charge in [0.25, 0.3) is 5.91 Å². The van der Waals surface area contributed by atoms with Crippen LogP contribution < -0.4 is 5.43 Å². The van der Waals surface area contributed by atoms with Crippen molar-refractivity contribution in [3.63, 3.8) is 0 Å². The molecular weight excluding hydrogens is 256 g/mol. The van der Waals surface area contributed by atoms with Gasteiger partial charge in [-0.05, 0) is 18.2 Å². The van der Waals surface area contributed by atoms with E-state index in [0.717, 1.165) is 6.07 Å². The first kappa shape index (κ1) is 12.3. The normalized spacial score (nSPS) is 15.8. The number of amides is 1. The SMILES string of the molecule is O=C1COC(c2ccc(F)c(C(F)(F)F)c2)=NN1. The molecule has 96 valence electrons. The molecule has 0 atom stereocenters. The van der Waals surface area contributed by atoms with Gasteiger partial charge in [-0.2, -0.15) is 13.2 Å². The predicted molar refractivity (Wildman–Crippen MR) is 52.0 cm³/mol. The van der Waals surface area contributed by atoms with Crippen molar-refractivity contribution in [2.75, 3.05) is 6.61 Å². The molecule has 0 bridgehead atoms. The van der Waals surface area contributed by atoms with Crippen molar-refractivity contribution in [2.45, 2.75) is 6.18 Å². The zero-order valence-corrected chi connectivity index (χ0v) is 8.71. The highest BCUT2D eigenvalue weighted by Crippen LogP contribution is 2.32. The van der Waals surface area contributed by atoms with Crippen molar-refractivity contribution in [1.29, 1.82) is 0 Å². The zero-order chi connectivity index (χ0) is 13.3. The van der Waals surface area contributed by atoms with Crippen LogP contribution in [0.3, 0.4) is 0 Å². The number of halogens is 4. The fraction of sp³-hybridized carbons (Fsp3) is 0.200. The van der Waals surface area contributed by atoms with Gasteiger partial charge in [0.2, 0.25) is 5.90 Å². The second-order valence-corrected chi connectivity index (χ2v) is 3.43. The molecule has 1 heterocycles. The molecule has 0 aromatic heterocycles. The average molecular weight is 262 g/mol. The van der Waals surface area contributed by atoms with Crippen molar-refractivity contribution >= 4 is 11.8 Å². The Bertz CT molecular complexity index is 525. The summed E-state index contributed by atoms with van der Waals surface area (Å²) in [6.45, 7) is -0.350. The first-order valence-corrected chi connectivity index (χ1v) is 4.74. The number of hydrazone groups is 1. The predicted octanol–water partition coefficient (Wildman–Crippen LogP) is 1.65. The number of hydrogen-bond donors (Lipinski definition) is 1. The fourth-order valence-electron chi connectivity index (χ4n) is 1.34. The first-order chi connectivity index (χ1) is 8.38. The van der Waals surface area contributed by atoms with E-state index in [1.165, 1.54) is 0 Å². The molecule has 8 heteroatoms. The number of alkyl halides is 3. The molecule has 2 rings (SSSR count). The monoisotopic (exact) mass is 262 g/mol. The molecule has 0 fully saturated rings. The topological polar surface area (TPSA) is 50.7 Å². The summed E-state index contributed by atoms with van der Waals surface area (Å²) >= 11 is 0. The fourth-order valence-corrected chi connectivity index (χ4v) is 1.34. The van der Waals surface area contributed by atoms with E-state index < -0.39 is 23.5 Å². The van der Waals surface area contributed by atoms with Gasteiger partial charge in [0.05, 0.1) is 5.56 Å². The highest BCUT2D eigenvalue weighted by atomic mass is 19.4. The summed E-state index contributed by atoms with van der Waals surface area (Å²) in [4.78, 5) is 10.7. The number of rotatable bonds is 1. The van der Waals surface area contributed by atoms with Gasteiger partial charge in [-0.1, -0.05) is 0 Å². The highest BCUT2D eigenvalue weighted by molar-refractivity contribution is 5.98. The van der Waals surface area contributed by atoms with Crippen LogP contribution in [0.5, 0.6) is 0 Å². The first-order valence-electron chi connectivity index (χ1n) is 4.74. The van der Waals surface area contributed by atoms with Gasteiger partial charge < -0.3 is 4.74 Å². The molecule has 0 saturated heterocycles. The molecule has 1 N–H and O–H groups in total. The van der Waals surface area contributed by atoms with Crippen LogP contribution in [0.4, 0.5) is 17.6 Å². The Hall–Kier alpha value is -2.12. The van der Waals surface area contributed by atoms with Gasteiger partial charge in [0.1, 0.15) is 5.82 Å². The van der Waals surface area contributed by atoms with Gasteiger partial charge in [-0.3, -0.25) is 4.79 Å². The summed E-state index contributed by atoms with van der Waals surface area (Å²) in [6, 6.07) is 2.33. The van der Waals surface area contributed by atoms with Gasteiger partial charge in [0, 0.05) is 5.56 Å². The van der Waals surface area contributed by atoms with E-state index in [1.807, 2.05) is 0 Å². The molecule has 4 nitrogen and oxygen atoms in total. The minimum atomic E-state index is -4.81. The lowest BCUT2D eigenvalue weighted by Gasteiger charge is -2.15. The van der Waals surface area contributed by atoms with Gasteiger partial charge >= 0.3 is 6.18 Å². The van der Waals surface area contributed by atoms with Crippen LogP contribution in [0.25, 0.3) is 0 Å². The summed E-state index contributed by atoms with van der Waals surface area (Å²) in [6.07, 6.45) is -4.81. The maximum atomic E-state index is 13.0. The average Bonchev–Trinajstić information content (AvgIpc) is 2.29. The molecule has 0 saturated carbocycles. The molecule has 1 aliphatic heterocycles. The Morgan fingerprint density at radius 3 is 2.61 bits per heavy atom. The van der Waals surface area contributed by atoms with E-state index in [1.54, 1.807) is 0 Å². The Labute approximate surface area is 98.2 Å². The van der Waals surface area contributed by atoms with Crippen molar-refractivity contribution < 1.29 is 27.1 Å². The molecule has 1 amide bonds. The van der Waals surface area contributed by atoms with Gasteiger partial charge in [-0.25, -0.2) is 9.82 Å². The zero-order valence-electron chi connectivity index (χ0n) is 8.71. The Kier molecular flexibility index (Phi) is 2.93. The summed E-state index contributed by atoms with van der Waals surface area (Å²) in [5.74, 6) is -2.09. The Balaban J connectivity index is 2.39.